The van der Waals surface area contributed by atoms with Crippen molar-refractivity contribution in [3.8, 4) is 0 Å². The fourth-order valence-electron chi connectivity index (χ4n) is 6.17. The Bertz CT molecular complexity index is 754. The molecule has 5 rings (SSSR count). The van der Waals surface area contributed by atoms with E-state index in [1.807, 2.05) is 17.9 Å². The molecule has 0 aliphatic carbocycles. The maximum absolute atomic E-state index is 12.3. The topological polar surface area (TPSA) is 44.8 Å². The maximum Gasteiger partial charge on any atom is 0.410 e. The molecule has 154 valence electrons. The zero-order chi connectivity index (χ0) is 19.3. The van der Waals surface area contributed by atoms with Crippen molar-refractivity contribution >= 4 is 23.4 Å². The van der Waals surface area contributed by atoms with Gasteiger partial charge in [-0.15, -0.1) is 0 Å². The van der Waals surface area contributed by atoms with Crippen molar-refractivity contribution in [2.24, 2.45) is 0 Å². The van der Waals surface area contributed by atoms with E-state index in [1.54, 1.807) is 0 Å². The summed E-state index contributed by atoms with van der Waals surface area (Å²) in [5.41, 5.74) is 2.91. The van der Waals surface area contributed by atoms with Gasteiger partial charge in [-0.2, -0.15) is 0 Å². The Balaban J connectivity index is 0.00000205. The Morgan fingerprint density at radius 3 is 2.64 bits per heavy atom. The first-order valence-electron chi connectivity index (χ1n) is 10.8. The molecule has 4 aliphatic rings. The quantitative estimate of drug-likeness (QED) is 0.786. The predicted molar refractivity (Wildman–Crippen MR) is 113 cm³/mol. The zero-order valence-electron chi connectivity index (χ0n) is 16.6. The minimum atomic E-state index is -0.100. The molecule has 1 spiro atoms. The second kappa shape index (κ2) is 7.10. The zero-order valence-corrected chi connectivity index (χ0v) is 17.4. The highest BCUT2D eigenvalue weighted by atomic mass is 35.5. The molecule has 6 heteroatoms. The van der Waals surface area contributed by atoms with E-state index in [-0.39, 0.29) is 12.9 Å². The van der Waals surface area contributed by atoms with E-state index >= 15 is 0 Å². The van der Waals surface area contributed by atoms with Gasteiger partial charge in [-0.1, -0.05) is 11.6 Å². The van der Waals surface area contributed by atoms with E-state index in [0.29, 0.717) is 24.7 Å². The lowest BCUT2D eigenvalue weighted by Crippen LogP contribution is -2.55. The van der Waals surface area contributed by atoms with Crippen LogP contribution in [0.1, 0.15) is 52.4 Å². The molecule has 4 aliphatic heterocycles. The number of rotatable bonds is 2. The Labute approximate surface area is 173 Å². The van der Waals surface area contributed by atoms with Crippen molar-refractivity contribution in [3.05, 3.63) is 28.8 Å². The molecule has 0 aromatic heterocycles. The minimum Gasteiger partial charge on any atom is -0.450 e. The summed E-state index contributed by atoms with van der Waals surface area (Å²) in [6.07, 6.45) is 6.73. The van der Waals surface area contributed by atoms with Crippen molar-refractivity contribution in [1.82, 2.24) is 9.80 Å². The first-order chi connectivity index (χ1) is 13.6. The van der Waals surface area contributed by atoms with Crippen LogP contribution >= 0.6 is 11.6 Å². The molecular formula is C22H32ClN3O2. The van der Waals surface area contributed by atoms with Crippen LogP contribution in [-0.4, -0.2) is 60.3 Å². The number of ether oxygens (including phenoxy) is 1. The Morgan fingerprint density at radius 1 is 1.25 bits per heavy atom. The number of carbonyl (C=O) groups excluding carboxylic acids is 1. The van der Waals surface area contributed by atoms with Crippen molar-refractivity contribution in [2.45, 2.75) is 69.0 Å². The van der Waals surface area contributed by atoms with Gasteiger partial charge in [-0.3, -0.25) is 0 Å². The number of amides is 1. The highest BCUT2D eigenvalue weighted by Crippen LogP contribution is 2.46. The first kappa shape index (κ1) is 18.6. The lowest BCUT2D eigenvalue weighted by molar-refractivity contribution is 0.0285. The first-order valence-corrected chi connectivity index (χ1v) is 11.2. The molecule has 2 unspecified atom stereocenters. The van der Waals surface area contributed by atoms with Crippen LogP contribution in [0.15, 0.2) is 18.2 Å². The maximum atomic E-state index is 12.3. The van der Waals surface area contributed by atoms with Gasteiger partial charge in [0.2, 0.25) is 0 Å². The van der Waals surface area contributed by atoms with Crippen LogP contribution in [-0.2, 0) is 10.2 Å². The summed E-state index contributed by atoms with van der Waals surface area (Å²) in [4.78, 5) is 17.1. The molecule has 1 aromatic carbocycles. The second-order valence-electron chi connectivity index (χ2n) is 8.98. The number of likely N-dealkylation sites (tertiary alicyclic amines) is 1. The van der Waals surface area contributed by atoms with Crippen molar-refractivity contribution in [1.29, 1.82) is 0 Å². The molecule has 1 N–H and O–H groups in total. The lowest BCUT2D eigenvalue weighted by Gasteiger charge is -2.47. The molecule has 5 nitrogen and oxygen atoms in total. The standard InChI is InChI=1S/C22H30ClN3O2.H2/c1-2-28-21(27)26-16-4-5-17(26)13-18(12-16)25-9-7-22(8-10-25)14-24-20-6-3-15(23)11-19(20)22;/h3,6,11,16-18,24H,2,4-5,7-10,12-14H2,1H3;1H. The molecule has 0 saturated carbocycles. The summed E-state index contributed by atoms with van der Waals surface area (Å²) < 4.78 is 5.30. The lowest BCUT2D eigenvalue weighted by atomic mass is 9.74. The van der Waals surface area contributed by atoms with E-state index in [1.165, 1.54) is 24.1 Å². The predicted octanol–water partition coefficient (Wildman–Crippen LogP) is 4.50. The van der Waals surface area contributed by atoms with Crippen LogP contribution in [0, 0.1) is 0 Å². The fourth-order valence-corrected chi connectivity index (χ4v) is 6.35. The smallest absolute Gasteiger partial charge is 0.410 e. The number of piperidine rings is 2. The van der Waals surface area contributed by atoms with E-state index in [0.717, 1.165) is 50.3 Å². The Hall–Kier alpha value is -1.46. The van der Waals surface area contributed by atoms with Crippen LogP contribution in [0.5, 0.6) is 0 Å². The fraction of sp³-hybridized carbons (Fsp3) is 0.682. The normalized spacial score (nSPS) is 30.9. The summed E-state index contributed by atoms with van der Waals surface area (Å²) in [6.45, 7) is 5.66. The van der Waals surface area contributed by atoms with Gasteiger partial charge in [0, 0.05) is 42.2 Å². The molecular weight excluding hydrogens is 374 g/mol. The number of hydrogen-bond donors (Lipinski definition) is 1. The highest BCUT2D eigenvalue weighted by molar-refractivity contribution is 6.30. The van der Waals surface area contributed by atoms with Gasteiger partial charge in [0.05, 0.1) is 6.61 Å². The third-order valence-corrected chi connectivity index (χ3v) is 7.86. The van der Waals surface area contributed by atoms with Crippen LogP contribution in [0.4, 0.5) is 10.5 Å². The molecule has 2 bridgehead atoms. The van der Waals surface area contributed by atoms with Gasteiger partial charge in [-0.25, -0.2) is 4.79 Å². The summed E-state index contributed by atoms with van der Waals surface area (Å²) in [7, 11) is 0. The molecule has 4 heterocycles. The van der Waals surface area contributed by atoms with Crippen LogP contribution in [0.2, 0.25) is 5.02 Å². The molecule has 28 heavy (non-hydrogen) atoms. The van der Waals surface area contributed by atoms with Crippen LogP contribution < -0.4 is 5.32 Å². The molecule has 1 aromatic rings. The number of anilines is 1. The van der Waals surface area contributed by atoms with E-state index in [2.05, 4.69) is 22.3 Å². The van der Waals surface area contributed by atoms with Gasteiger partial charge in [0.15, 0.2) is 0 Å². The molecule has 1 amide bonds. The third kappa shape index (κ3) is 2.98. The molecule has 3 saturated heterocycles. The average Bonchev–Trinajstić information content (AvgIpc) is 3.17. The highest BCUT2D eigenvalue weighted by Gasteiger charge is 2.48. The number of halogens is 1. The summed E-state index contributed by atoms with van der Waals surface area (Å²) in [6, 6.07) is 7.62. The minimum absolute atomic E-state index is 0. The number of nitrogens with zero attached hydrogens (tertiary/aromatic N) is 2. The number of nitrogens with one attached hydrogen (secondary N) is 1. The van der Waals surface area contributed by atoms with Crippen LogP contribution in [0.3, 0.4) is 0 Å². The van der Waals surface area contributed by atoms with Gasteiger partial charge in [0.25, 0.3) is 0 Å². The van der Waals surface area contributed by atoms with E-state index in [4.69, 9.17) is 16.3 Å². The van der Waals surface area contributed by atoms with E-state index in [9.17, 15) is 4.79 Å². The van der Waals surface area contributed by atoms with Crippen molar-refractivity contribution in [3.63, 3.8) is 0 Å². The SMILES string of the molecule is CCOC(=O)N1C2CCC1CC(N1CCC3(CC1)CNc1ccc(Cl)cc13)C2.[HH]. The van der Waals surface area contributed by atoms with Crippen molar-refractivity contribution < 1.29 is 11.0 Å². The number of benzene rings is 1. The Kier molecular flexibility index (Phi) is 4.71. The number of fused-ring (bicyclic) bond motifs is 4. The molecule has 3 fully saturated rings. The summed E-state index contributed by atoms with van der Waals surface area (Å²) in [5.74, 6) is 0. The summed E-state index contributed by atoms with van der Waals surface area (Å²) >= 11 is 6.30. The van der Waals surface area contributed by atoms with Gasteiger partial charge >= 0.3 is 6.09 Å². The van der Waals surface area contributed by atoms with Crippen molar-refractivity contribution in [2.75, 3.05) is 31.6 Å². The summed E-state index contributed by atoms with van der Waals surface area (Å²) in [5, 5.41) is 4.44. The van der Waals surface area contributed by atoms with Gasteiger partial charge in [-0.05, 0) is 82.3 Å². The average molecular weight is 406 g/mol. The number of carbonyl (C=O) groups is 1. The number of hydrogen-bond acceptors (Lipinski definition) is 4. The van der Waals surface area contributed by atoms with Gasteiger partial charge < -0.3 is 19.9 Å². The molecule has 0 radical (unpaired) electrons. The second-order valence-corrected chi connectivity index (χ2v) is 9.41. The Morgan fingerprint density at radius 2 is 1.96 bits per heavy atom. The van der Waals surface area contributed by atoms with E-state index < -0.39 is 0 Å². The third-order valence-electron chi connectivity index (χ3n) is 7.63. The largest absolute Gasteiger partial charge is 0.450 e. The van der Waals surface area contributed by atoms with Crippen LogP contribution in [0.25, 0.3) is 0 Å². The molecule has 2 atom stereocenters. The monoisotopic (exact) mass is 405 g/mol. The van der Waals surface area contributed by atoms with Gasteiger partial charge in [0.1, 0.15) is 0 Å².